The number of carbonyl (C=O) groups excluding carboxylic acids is 1. The Balaban J connectivity index is 1.57. The predicted molar refractivity (Wildman–Crippen MR) is 114 cm³/mol. The van der Waals surface area contributed by atoms with Crippen molar-refractivity contribution in [1.29, 1.82) is 0 Å². The average Bonchev–Trinajstić information content (AvgIpc) is 2.79. The molecule has 4 aromatic rings. The van der Waals surface area contributed by atoms with Crippen molar-refractivity contribution in [3.8, 4) is 22.5 Å². The van der Waals surface area contributed by atoms with Crippen molar-refractivity contribution in [1.82, 2.24) is 4.98 Å². The van der Waals surface area contributed by atoms with Crippen molar-refractivity contribution in [2.75, 3.05) is 5.32 Å². The molecule has 166 valence electrons. The number of nitrogens with zero attached hydrogens (tertiary/aromatic N) is 1. The summed E-state index contributed by atoms with van der Waals surface area (Å²) in [5.41, 5.74) is 1.19. The highest BCUT2D eigenvalue weighted by Gasteiger charge is 2.31. The molecule has 0 saturated heterocycles. The first-order valence-corrected chi connectivity index (χ1v) is 9.72. The lowest BCUT2D eigenvalue weighted by molar-refractivity contribution is -0.137. The Morgan fingerprint density at radius 2 is 1.42 bits per heavy atom. The van der Waals surface area contributed by atoms with Gasteiger partial charge >= 0.3 is 6.18 Å². The van der Waals surface area contributed by atoms with Crippen LogP contribution in [0.1, 0.15) is 15.9 Å². The largest absolute Gasteiger partial charge is 0.416 e. The van der Waals surface area contributed by atoms with E-state index in [0.29, 0.717) is 28.7 Å². The second-order valence-corrected chi connectivity index (χ2v) is 7.14. The fraction of sp³-hybridized carbons (Fsp3) is 0.0400. The summed E-state index contributed by atoms with van der Waals surface area (Å²) in [6.07, 6.45) is -4.71. The summed E-state index contributed by atoms with van der Waals surface area (Å²) in [7, 11) is 0. The molecular formula is C25H15F5N2O. The van der Waals surface area contributed by atoms with Gasteiger partial charge in [-0.1, -0.05) is 18.2 Å². The van der Waals surface area contributed by atoms with E-state index in [-0.39, 0.29) is 11.9 Å². The maximum Gasteiger partial charge on any atom is 0.416 e. The molecule has 1 amide bonds. The van der Waals surface area contributed by atoms with Gasteiger partial charge in [-0.05, 0) is 66.7 Å². The molecule has 0 spiro atoms. The van der Waals surface area contributed by atoms with Gasteiger partial charge in [0.2, 0.25) is 0 Å². The lowest BCUT2D eigenvalue weighted by Crippen LogP contribution is -2.15. The van der Waals surface area contributed by atoms with E-state index in [1.54, 1.807) is 54.6 Å². The molecule has 1 N–H and O–H groups in total. The van der Waals surface area contributed by atoms with Crippen molar-refractivity contribution >= 4 is 11.6 Å². The zero-order chi connectivity index (χ0) is 23.6. The van der Waals surface area contributed by atoms with Crippen LogP contribution in [0.15, 0.2) is 84.9 Å². The van der Waals surface area contributed by atoms with E-state index in [4.69, 9.17) is 0 Å². The smallest absolute Gasteiger partial charge is 0.322 e. The van der Waals surface area contributed by atoms with Gasteiger partial charge in [-0.25, -0.2) is 13.8 Å². The standard InChI is InChI=1S/C25H15F5N2O/c26-18-10-7-15(8-11-18)22-5-2-6-23(32-22)16-3-1-4-19(13-16)31-24(33)20-12-9-17(14-21(20)27)25(28,29)30/h1-14H,(H,31,33). The van der Waals surface area contributed by atoms with Gasteiger partial charge in [0.15, 0.2) is 0 Å². The van der Waals surface area contributed by atoms with Gasteiger partial charge in [0.05, 0.1) is 22.5 Å². The SMILES string of the molecule is O=C(Nc1cccc(-c2cccc(-c3ccc(F)cc3)n2)c1)c1ccc(C(F)(F)F)cc1F. The van der Waals surface area contributed by atoms with E-state index in [2.05, 4.69) is 10.3 Å². The zero-order valence-corrected chi connectivity index (χ0v) is 16.8. The van der Waals surface area contributed by atoms with Crippen LogP contribution in [0.25, 0.3) is 22.5 Å². The second-order valence-electron chi connectivity index (χ2n) is 7.14. The quantitative estimate of drug-likeness (QED) is 0.339. The molecule has 4 rings (SSSR count). The molecule has 3 nitrogen and oxygen atoms in total. The van der Waals surface area contributed by atoms with Gasteiger partial charge in [-0.2, -0.15) is 13.2 Å². The Morgan fingerprint density at radius 1 is 0.758 bits per heavy atom. The summed E-state index contributed by atoms with van der Waals surface area (Å²) in [5.74, 6) is -2.51. The first-order valence-electron chi connectivity index (χ1n) is 9.72. The molecule has 0 saturated carbocycles. The van der Waals surface area contributed by atoms with Gasteiger partial charge in [0.25, 0.3) is 5.91 Å². The minimum Gasteiger partial charge on any atom is -0.322 e. The third-order valence-corrected chi connectivity index (χ3v) is 4.85. The van der Waals surface area contributed by atoms with Crippen LogP contribution in [-0.4, -0.2) is 10.9 Å². The molecular weight excluding hydrogens is 439 g/mol. The first kappa shape index (κ1) is 22.1. The topological polar surface area (TPSA) is 42.0 Å². The normalized spacial score (nSPS) is 11.3. The van der Waals surface area contributed by atoms with E-state index < -0.39 is 29.0 Å². The minimum atomic E-state index is -4.71. The predicted octanol–water partition coefficient (Wildman–Crippen LogP) is 6.96. The number of halogens is 5. The van der Waals surface area contributed by atoms with E-state index in [1.165, 1.54) is 12.1 Å². The van der Waals surface area contributed by atoms with E-state index in [9.17, 15) is 26.7 Å². The lowest BCUT2D eigenvalue weighted by atomic mass is 10.1. The molecule has 0 aliphatic carbocycles. The fourth-order valence-electron chi connectivity index (χ4n) is 3.21. The number of nitrogens with one attached hydrogen (secondary N) is 1. The average molecular weight is 454 g/mol. The molecule has 3 aromatic carbocycles. The number of carbonyl (C=O) groups is 1. The Kier molecular flexibility index (Phi) is 5.91. The van der Waals surface area contributed by atoms with Crippen LogP contribution in [-0.2, 0) is 6.18 Å². The van der Waals surface area contributed by atoms with Gasteiger partial charge in [-0.15, -0.1) is 0 Å². The van der Waals surface area contributed by atoms with E-state index in [0.717, 1.165) is 11.6 Å². The van der Waals surface area contributed by atoms with Crippen LogP contribution in [0.5, 0.6) is 0 Å². The molecule has 33 heavy (non-hydrogen) atoms. The van der Waals surface area contributed by atoms with Gasteiger partial charge in [0, 0.05) is 16.8 Å². The van der Waals surface area contributed by atoms with Crippen LogP contribution in [0.3, 0.4) is 0 Å². The van der Waals surface area contributed by atoms with Crippen LogP contribution < -0.4 is 5.32 Å². The van der Waals surface area contributed by atoms with Crippen LogP contribution in [0.2, 0.25) is 0 Å². The first-order chi connectivity index (χ1) is 15.7. The number of hydrogen-bond acceptors (Lipinski definition) is 2. The number of amides is 1. The molecule has 0 radical (unpaired) electrons. The van der Waals surface area contributed by atoms with Crippen molar-refractivity contribution in [2.24, 2.45) is 0 Å². The summed E-state index contributed by atoms with van der Waals surface area (Å²) in [5, 5.41) is 2.49. The van der Waals surface area contributed by atoms with Crippen LogP contribution in [0.4, 0.5) is 27.6 Å². The van der Waals surface area contributed by atoms with Crippen molar-refractivity contribution in [3.63, 3.8) is 0 Å². The van der Waals surface area contributed by atoms with E-state index in [1.807, 2.05) is 0 Å². The molecule has 0 fully saturated rings. The van der Waals surface area contributed by atoms with E-state index >= 15 is 0 Å². The maximum atomic E-state index is 14.1. The highest BCUT2D eigenvalue weighted by atomic mass is 19.4. The van der Waals surface area contributed by atoms with Crippen LogP contribution >= 0.6 is 0 Å². The number of benzene rings is 3. The summed E-state index contributed by atoms with van der Waals surface area (Å²) < 4.78 is 65.5. The second kappa shape index (κ2) is 8.82. The maximum absolute atomic E-state index is 14.1. The Morgan fingerprint density at radius 3 is 2.09 bits per heavy atom. The molecule has 8 heteroatoms. The third-order valence-electron chi connectivity index (χ3n) is 4.85. The molecule has 0 bridgehead atoms. The van der Waals surface area contributed by atoms with Gasteiger partial charge in [0.1, 0.15) is 11.6 Å². The van der Waals surface area contributed by atoms with Crippen LogP contribution in [0, 0.1) is 11.6 Å². The number of hydrogen-bond donors (Lipinski definition) is 1. The van der Waals surface area contributed by atoms with Crippen molar-refractivity contribution in [3.05, 3.63) is 108 Å². The van der Waals surface area contributed by atoms with Crippen molar-refractivity contribution < 1.29 is 26.7 Å². The summed E-state index contributed by atoms with van der Waals surface area (Å²) in [6, 6.07) is 19.5. The molecule has 0 aliphatic heterocycles. The third kappa shape index (κ3) is 5.06. The number of anilines is 1. The highest BCUT2D eigenvalue weighted by molar-refractivity contribution is 6.04. The minimum absolute atomic E-state index is 0.288. The number of alkyl halides is 3. The Hall–Kier alpha value is -4.07. The Labute approximate surface area is 185 Å². The molecule has 0 aliphatic rings. The summed E-state index contributed by atoms with van der Waals surface area (Å²) in [4.78, 5) is 17.0. The number of pyridine rings is 1. The summed E-state index contributed by atoms with van der Waals surface area (Å²) in [6.45, 7) is 0. The number of aromatic nitrogens is 1. The zero-order valence-electron chi connectivity index (χ0n) is 16.8. The molecule has 0 unspecified atom stereocenters. The molecule has 1 aromatic heterocycles. The fourth-order valence-corrected chi connectivity index (χ4v) is 3.21. The van der Waals surface area contributed by atoms with Crippen molar-refractivity contribution in [2.45, 2.75) is 6.18 Å². The lowest BCUT2D eigenvalue weighted by Gasteiger charge is -2.11. The monoisotopic (exact) mass is 454 g/mol. The highest BCUT2D eigenvalue weighted by Crippen LogP contribution is 2.30. The van der Waals surface area contributed by atoms with Gasteiger partial charge in [-0.3, -0.25) is 4.79 Å². The van der Waals surface area contributed by atoms with Gasteiger partial charge < -0.3 is 5.32 Å². The molecule has 1 heterocycles. The molecule has 0 atom stereocenters. The number of rotatable bonds is 4. The summed E-state index contributed by atoms with van der Waals surface area (Å²) >= 11 is 0. The Bertz CT molecular complexity index is 1320.